The molecule has 0 bridgehead atoms. The Morgan fingerprint density at radius 2 is 2.11 bits per heavy atom. The molecule has 4 heteroatoms. The van der Waals surface area contributed by atoms with Crippen molar-refractivity contribution < 1.29 is 4.79 Å². The molecule has 1 atom stereocenters. The van der Waals surface area contributed by atoms with Gasteiger partial charge in [-0.25, -0.2) is 0 Å². The smallest absolute Gasteiger partial charge is 0.230 e. The molecule has 3 nitrogen and oxygen atoms in total. The SMILES string of the molecule is CC(CN)SCC(=O)NCCCc1ccccc1. The molecule has 0 saturated heterocycles. The third-order valence-electron chi connectivity index (χ3n) is 2.64. The van der Waals surface area contributed by atoms with Gasteiger partial charge in [-0.1, -0.05) is 37.3 Å². The second-order valence-electron chi connectivity index (χ2n) is 4.30. The van der Waals surface area contributed by atoms with E-state index in [9.17, 15) is 4.79 Å². The van der Waals surface area contributed by atoms with Crippen molar-refractivity contribution in [2.75, 3.05) is 18.8 Å². The Kier molecular flexibility index (Phi) is 7.53. The number of carbonyl (C=O) groups is 1. The van der Waals surface area contributed by atoms with E-state index in [0.29, 0.717) is 17.5 Å². The maximum Gasteiger partial charge on any atom is 0.230 e. The molecule has 0 saturated carbocycles. The highest BCUT2D eigenvalue weighted by atomic mass is 32.2. The highest BCUT2D eigenvalue weighted by molar-refractivity contribution is 8.00. The average molecular weight is 266 g/mol. The lowest BCUT2D eigenvalue weighted by Gasteiger charge is -2.08. The number of rotatable bonds is 8. The largest absolute Gasteiger partial charge is 0.355 e. The van der Waals surface area contributed by atoms with Gasteiger partial charge in [0.2, 0.25) is 5.91 Å². The second-order valence-corrected chi connectivity index (χ2v) is 5.72. The van der Waals surface area contributed by atoms with E-state index in [-0.39, 0.29) is 5.91 Å². The lowest BCUT2D eigenvalue weighted by molar-refractivity contribution is -0.118. The van der Waals surface area contributed by atoms with Crippen LogP contribution in [0.2, 0.25) is 0 Å². The van der Waals surface area contributed by atoms with E-state index in [1.54, 1.807) is 11.8 Å². The van der Waals surface area contributed by atoms with Crippen LogP contribution in [0.3, 0.4) is 0 Å². The summed E-state index contributed by atoms with van der Waals surface area (Å²) in [5.74, 6) is 0.609. The van der Waals surface area contributed by atoms with E-state index in [2.05, 4.69) is 17.4 Å². The standard InChI is InChI=1S/C14H22N2OS/c1-12(10-15)18-11-14(17)16-9-5-8-13-6-3-2-4-7-13/h2-4,6-7,12H,5,8-11,15H2,1H3,(H,16,17). The topological polar surface area (TPSA) is 55.1 Å². The number of amides is 1. The number of nitrogens with one attached hydrogen (secondary N) is 1. The van der Waals surface area contributed by atoms with E-state index in [4.69, 9.17) is 5.73 Å². The van der Waals surface area contributed by atoms with Crippen molar-refractivity contribution in [3.63, 3.8) is 0 Å². The third kappa shape index (κ3) is 6.67. The van der Waals surface area contributed by atoms with Gasteiger partial charge < -0.3 is 11.1 Å². The van der Waals surface area contributed by atoms with Crippen LogP contribution in [0.15, 0.2) is 30.3 Å². The summed E-state index contributed by atoms with van der Waals surface area (Å²) in [4.78, 5) is 11.5. The van der Waals surface area contributed by atoms with E-state index >= 15 is 0 Å². The maximum absolute atomic E-state index is 11.5. The van der Waals surface area contributed by atoms with Crippen molar-refractivity contribution in [2.24, 2.45) is 5.73 Å². The van der Waals surface area contributed by atoms with Crippen LogP contribution in [0.4, 0.5) is 0 Å². The fraction of sp³-hybridized carbons (Fsp3) is 0.500. The molecule has 0 aliphatic rings. The summed E-state index contributed by atoms with van der Waals surface area (Å²) in [6.07, 6.45) is 1.99. The molecule has 100 valence electrons. The molecular formula is C14H22N2OS. The van der Waals surface area contributed by atoms with E-state index in [0.717, 1.165) is 19.4 Å². The molecule has 0 aliphatic heterocycles. The monoisotopic (exact) mass is 266 g/mol. The van der Waals surface area contributed by atoms with Crippen molar-refractivity contribution in [1.82, 2.24) is 5.32 Å². The van der Waals surface area contributed by atoms with Crippen LogP contribution in [0, 0.1) is 0 Å². The van der Waals surface area contributed by atoms with Crippen molar-refractivity contribution >= 4 is 17.7 Å². The zero-order chi connectivity index (χ0) is 13.2. The van der Waals surface area contributed by atoms with Gasteiger partial charge in [0.1, 0.15) is 0 Å². The number of thioether (sulfide) groups is 1. The molecule has 1 unspecified atom stereocenters. The van der Waals surface area contributed by atoms with Crippen LogP contribution >= 0.6 is 11.8 Å². The molecule has 0 aromatic heterocycles. The lowest BCUT2D eigenvalue weighted by atomic mass is 10.1. The molecule has 18 heavy (non-hydrogen) atoms. The summed E-state index contributed by atoms with van der Waals surface area (Å²) >= 11 is 1.60. The first-order valence-electron chi connectivity index (χ1n) is 6.34. The number of nitrogens with two attached hydrogens (primary N) is 1. The predicted octanol–water partition coefficient (Wildman–Crippen LogP) is 1.82. The summed E-state index contributed by atoms with van der Waals surface area (Å²) in [5.41, 5.74) is 6.81. The summed E-state index contributed by atoms with van der Waals surface area (Å²) in [5, 5.41) is 3.28. The Bertz CT molecular complexity index is 343. The third-order valence-corrected chi connectivity index (χ3v) is 3.83. The van der Waals surface area contributed by atoms with Crippen molar-refractivity contribution in [1.29, 1.82) is 0 Å². The minimum Gasteiger partial charge on any atom is -0.355 e. The van der Waals surface area contributed by atoms with Gasteiger partial charge in [-0.2, -0.15) is 0 Å². The molecule has 3 N–H and O–H groups in total. The highest BCUT2D eigenvalue weighted by Gasteiger charge is 2.04. The van der Waals surface area contributed by atoms with E-state index in [1.807, 2.05) is 25.1 Å². The van der Waals surface area contributed by atoms with Gasteiger partial charge in [-0.05, 0) is 18.4 Å². The van der Waals surface area contributed by atoms with Gasteiger partial charge in [0, 0.05) is 18.3 Å². The van der Waals surface area contributed by atoms with Crippen LogP contribution in [0.5, 0.6) is 0 Å². The Labute approximate surface area is 114 Å². The van der Waals surface area contributed by atoms with Gasteiger partial charge in [-0.15, -0.1) is 11.8 Å². The second kappa shape index (κ2) is 9.00. The first kappa shape index (κ1) is 15.1. The molecule has 1 aromatic carbocycles. The van der Waals surface area contributed by atoms with Gasteiger partial charge >= 0.3 is 0 Å². The molecule has 1 rings (SSSR count). The number of hydrogen-bond donors (Lipinski definition) is 2. The van der Waals surface area contributed by atoms with Crippen LogP contribution in [-0.2, 0) is 11.2 Å². The van der Waals surface area contributed by atoms with Crippen molar-refractivity contribution in [3.8, 4) is 0 Å². The molecule has 0 heterocycles. The van der Waals surface area contributed by atoms with Crippen molar-refractivity contribution in [2.45, 2.75) is 25.0 Å². The summed E-state index contributed by atoms with van der Waals surface area (Å²) in [6, 6.07) is 10.3. The van der Waals surface area contributed by atoms with E-state index in [1.165, 1.54) is 5.56 Å². The molecule has 0 aliphatic carbocycles. The summed E-state index contributed by atoms with van der Waals surface area (Å²) in [7, 11) is 0. The molecule has 0 fully saturated rings. The van der Waals surface area contributed by atoms with Crippen LogP contribution in [-0.4, -0.2) is 30.0 Å². The number of hydrogen-bond acceptors (Lipinski definition) is 3. The number of aryl methyl sites for hydroxylation is 1. The molecule has 1 aromatic rings. The van der Waals surface area contributed by atoms with Crippen LogP contribution in [0.25, 0.3) is 0 Å². The van der Waals surface area contributed by atoms with Gasteiger partial charge in [0.15, 0.2) is 0 Å². The minimum absolute atomic E-state index is 0.105. The summed E-state index contributed by atoms with van der Waals surface area (Å²) < 4.78 is 0. The fourth-order valence-corrected chi connectivity index (χ4v) is 2.18. The van der Waals surface area contributed by atoms with Crippen molar-refractivity contribution in [3.05, 3.63) is 35.9 Å². The zero-order valence-corrected chi connectivity index (χ0v) is 11.7. The average Bonchev–Trinajstić information content (AvgIpc) is 2.42. The Balaban J connectivity index is 2.05. The zero-order valence-electron chi connectivity index (χ0n) is 10.9. The van der Waals surface area contributed by atoms with Gasteiger partial charge in [-0.3, -0.25) is 4.79 Å². The molecule has 1 amide bonds. The predicted molar refractivity (Wildman–Crippen MR) is 78.7 cm³/mol. The van der Waals surface area contributed by atoms with Gasteiger partial charge in [0.25, 0.3) is 0 Å². The molecule has 0 radical (unpaired) electrons. The molecule has 0 spiro atoms. The first-order valence-corrected chi connectivity index (χ1v) is 7.39. The highest BCUT2D eigenvalue weighted by Crippen LogP contribution is 2.07. The Morgan fingerprint density at radius 3 is 2.78 bits per heavy atom. The maximum atomic E-state index is 11.5. The number of benzene rings is 1. The Hall–Kier alpha value is -1.00. The van der Waals surface area contributed by atoms with Gasteiger partial charge in [0.05, 0.1) is 5.75 Å². The normalized spacial score (nSPS) is 12.1. The first-order chi connectivity index (χ1) is 8.72. The van der Waals surface area contributed by atoms with Crippen LogP contribution < -0.4 is 11.1 Å². The quantitative estimate of drug-likeness (QED) is 0.706. The van der Waals surface area contributed by atoms with E-state index < -0.39 is 0 Å². The molecular weight excluding hydrogens is 244 g/mol. The minimum atomic E-state index is 0.105. The number of carbonyl (C=O) groups excluding carboxylic acids is 1. The Morgan fingerprint density at radius 1 is 1.39 bits per heavy atom. The lowest BCUT2D eigenvalue weighted by Crippen LogP contribution is -2.27. The summed E-state index contributed by atoms with van der Waals surface area (Å²) in [6.45, 7) is 3.39. The fourth-order valence-electron chi connectivity index (χ4n) is 1.50. The van der Waals surface area contributed by atoms with Crippen LogP contribution in [0.1, 0.15) is 18.9 Å².